The van der Waals surface area contributed by atoms with E-state index in [2.05, 4.69) is 56.3 Å². The zero-order valence-electron chi connectivity index (χ0n) is 23.9. The number of aryl methyl sites for hydroxylation is 1. The molecule has 6 aliphatic rings. The Balaban J connectivity index is 0.936. The molecule has 222 valence electrons. The highest BCUT2D eigenvalue weighted by Gasteiger charge is 2.48. The van der Waals surface area contributed by atoms with Gasteiger partial charge in [0.25, 0.3) is 0 Å². The number of rotatable bonds is 9. The third-order valence-corrected chi connectivity index (χ3v) is 8.92. The quantitative estimate of drug-likeness (QED) is 0.338. The Kier molecular flexibility index (Phi) is 7.10. The molecule has 42 heavy (non-hydrogen) atoms. The number of amides is 1. The van der Waals surface area contributed by atoms with Gasteiger partial charge >= 0.3 is 0 Å². The number of hydrogen-bond donors (Lipinski definition) is 3. The van der Waals surface area contributed by atoms with Crippen LogP contribution in [0.25, 0.3) is 0 Å². The summed E-state index contributed by atoms with van der Waals surface area (Å²) in [5.41, 5.74) is 9.49. The number of nitrogens with one attached hydrogen (secondary N) is 3. The summed E-state index contributed by atoms with van der Waals surface area (Å²) in [7, 11) is 0. The molecule has 1 atom stereocenters. The van der Waals surface area contributed by atoms with Crippen molar-refractivity contribution in [3.63, 3.8) is 0 Å². The van der Waals surface area contributed by atoms with Gasteiger partial charge in [-0.25, -0.2) is 10.4 Å². The lowest BCUT2D eigenvalue weighted by atomic mass is 9.86. The summed E-state index contributed by atoms with van der Waals surface area (Å²) in [6.45, 7) is 9.34. The van der Waals surface area contributed by atoms with Crippen LogP contribution in [0, 0.1) is 11.3 Å². The first-order chi connectivity index (χ1) is 20.5. The maximum absolute atomic E-state index is 12.9. The zero-order valence-corrected chi connectivity index (χ0v) is 23.9. The molecule has 0 radical (unpaired) electrons. The Morgan fingerprint density at radius 3 is 2.81 bits per heavy atom. The summed E-state index contributed by atoms with van der Waals surface area (Å²) in [5, 5.41) is 21.4. The number of aliphatic imine (C=N–C) groups is 1. The fourth-order valence-electron chi connectivity index (χ4n) is 6.28. The van der Waals surface area contributed by atoms with Crippen molar-refractivity contribution in [2.75, 3.05) is 65.6 Å². The number of ether oxygens (including phenoxy) is 1. The van der Waals surface area contributed by atoms with E-state index in [1.54, 1.807) is 0 Å². The summed E-state index contributed by atoms with van der Waals surface area (Å²) in [5.74, 6) is 0.963. The zero-order chi connectivity index (χ0) is 28.7. The molecule has 0 saturated carbocycles. The topological polar surface area (TPSA) is 133 Å². The first kappa shape index (κ1) is 27.0. The van der Waals surface area contributed by atoms with Gasteiger partial charge < -0.3 is 24.9 Å². The minimum Gasteiger partial charge on any atom is -0.378 e. The molecule has 3 saturated heterocycles. The van der Waals surface area contributed by atoms with E-state index >= 15 is 0 Å². The Bertz CT molecular complexity index is 1360. The lowest BCUT2D eigenvalue weighted by Crippen LogP contribution is -2.63. The van der Waals surface area contributed by atoms with Gasteiger partial charge in [0.1, 0.15) is 12.1 Å². The molecule has 1 amide bonds. The standard InChI is InChI=1S/C28H38N12O2/c1-2-21-12-31-40(14-21)28(5-6-29)19-37(20-28)24-4-3-7-39-26(24)33-27(34-39)32-22-13-30-38(15-22)16-25(41)36-10-8-35(9-11-36)23-17-42-18-23/h3-4,7,12,14-15,23,27,30,32,34H,2,5,8-11,13,16-20H2,1H3. The summed E-state index contributed by atoms with van der Waals surface area (Å²) >= 11 is 0. The summed E-state index contributed by atoms with van der Waals surface area (Å²) < 4.78 is 7.28. The molecule has 7 heterocycles. The largest absolute Gasteiger partial charge is 0.378 e. The van der Waals surface area contributed by atoms with Gasteiger partial charge in [0.2, 0.25) is 5.91 Å². The number of aromatic nitrogens is 2. The van der Waals surface area contributed by atoms with Gasteiger partial charge in [-0.15, -0.1) is 0 Å². The number of nitriles is 1. The van der Waals surface area contributed by atoms with Gasteiger partial charge in [0.15, 0.2) is 12.1 Å². The second-order valence-electron chi connectivity index (χ2n) is 11.7. The van der Waals surface area contributed by atoms with Crippen LogP contribution in [0.1, 0.15) is 18.9 Å². The molecule has 1 aromatic heterocycles. The number of carbonyl (C=O) groups excluding carboxylic acids is 1. The highest BCUT2D eigenvalue weighted by molar-refractivity contribution is 6.00. The van der Waals surface area contributed by atoms with Crippen LogP contribution < -0.4 is 16.2 Å². The second kappa shape index (κ2) is 11.1. The van der Waals surface area contributed by atoms with E-state index in [4.69, 9.17) is 9.73 Å². The molecule has 1 aromatic rings. The molecule has 3 fully saturated rings. The molecule has 14 heteroatoms. The monoisotopic (exact) mass is 574 g/mol. The van der Waals surface area contributed by atoms with Crippen LogP contribution in [0.15, 0.2) is 53.3 Å². The van der Waals surface area contributed by atoms with Crippen molar-refractivity contribution < 1.29 is 9.53 Å². The highest BCUT2D eigenvalue weighted by Crippen LogP contribution is 2.36. The average molecular weight is 575 g/mol. The number of piperazine rings is 1. The van der Waals surface area contributed by atoms with E-state index < -0.39 is 0 Å². The molecular weight excluding hydrogens is 536 g/mol. The number of allylic oxidation sites excluding steroid dienone is 2. The average Bonchev–Trinajstić information content (AvgIpc) is 3.70. The van der Waals surface area contributed by atoms with Gasteiger partial charge in [-0.2, -0.15) is 15.8 Å². The van der Waals surface area contributed by atoms with Gasteiger partial charge in [-0.05, 0) is 24.1 Å². The van der Waals surface area contributed by atoms with Crippen molar-refractivity contribution >= 4 is 11.7 Å². The molecule has 7 rings (SSSR count). The van der Waals surface area contributed by atoms with E-state index in [0.29, 0.717) is 38.6 Å². The summed E-state index contributed by atoms with van der Waals surface area (Å²) in [6, 6.07) is 2.89. The second-order valence-corrected chi connectivity index (χ2v) is 11.7. The van der Waals surface area contributed by atoms with Gasteiger partial charge in [0.05, 0.1) is 50.2 Å². The molecule has 3 N–H and O–H groups in total. The maximum Gasteiger partial charge on any atom is 0.243 e. The number of fused-ring (bicyclic) bond motifs is 1. The number of amidine groups is 1. The molecule has 14 nitrogen and oxygen atoms in total. The van der Waals surface area contributed by atoms with Crippen LogP contribution in [0.2, 0.25) is 0 Å². The Labute approximate surface area is 245 Å². The first-order valence-electron chi connectivity index (χ1n) is 14.8. The molecular formula is C28H38N12O2. The van der Waals surface area contributed by atoms with Crippen LogP contribution in [0.4, 0.5) is 0 Å². The van der Waals surface area contributed by atoms with E-state index in [-0.39, 0.29) is 17.7 Å². The van der Waals surface area contributed by atoms with Crippen LogP contribution in [-0.2, 0) is 21.5 Å². The van der Waals surface area contributed by atoms with Gasteiger partial charge in [-0.3, -0.25) is 19.4 Å². The van der Waals surface area contributed by atoms with E-state index in [1.165, 1.54) is 5.56 Å². The normalized spacial score (nSPS) is 25.3. The molecule has 0 aromatic carbocycles. The molecule has 6 aliphatic heterocycles. The van der Waals surface area contributed by atoms with E-state index in [0.717, 1.165) is 63.0 Å². The fraction of sp³-hybridized carbons (Fsp3) is 0.571. The van der Waals surface area contributed by atoms with Crippen LogP contribution in [0.5, 0.6) is 0 Å². The van der Waals surface area contributed by atoms with Crippen molar-refractivity contribution in [3.8, 4) is 6.07 Å². The molecule has 1 unspecified atom stereocenters. The summed E-state index contributed by atoms with van der Waals surface area (Å²) in [4.78, 5) is 24.5. The van der Waals surface area contributed by atoms with Crippen molar-refractivity contribution in [1.82, 2.24) is 50.7 Å². The van der Waals surface area contributed by atoms with Crippen molar-refractivity contribution in [2.45, 2.75) is 37.6 Å². The lowest BCUT2D eigenvalue weighted by molar-refractivity contribution is -0.136. The van der Waals surface area contributed by atoms with Crippen LogP contribution in [0.3, 0.4) is 0 Å². The number of carbonyl (C=O) groups is 1. The predicted octanol–water partition coefficient (Wildman–Crippen LogP) is -0.922. The smallest absolute Gasteiger partial charge is 0.243 e. The Morgan fingerprint density at radius 2 is 2.10 bits per heavy atom. The van der Waals surface area contributed by atoms with Crippen molar-refractivity contribution in [3.05, 3.63) is 53.9 Å². The third-order valence-electron chi connectivity index (χ3n) is 8.92. The van der Waals surface area contributed by atoms with Crippen LogP contribution in [-0.4, -0.2) is 124 Å². The van der Waals surface area contributed by atoms with E-state index in [9.17, 15) is 10.1 Å². The highest BCUT2D eigenvalue weighted by atomic mass is 16.5. The van der Waals surface area contributed by atoms with Crippen LogP contribution >= 0.6 is 0 Å². The predicted molar refractivity (Wildman–Crippen MR) is 153 cm³/mol. The minimum atomic E-state index is -0.346. The number of hydrazine groups is 2. The maximum atomic E-state index is 12.9. The van der Waals surface area contributed by atoms with Gasteiger partial charge in [0, 0.05) is 63.6 Å². The number of likely N-dealkylation sites (tertiary alicyclic amines) is 1. The van der Waals surface area contributed by atoms with Crippen molar-refractivity contribution in [2.24, 2.45) is 4.99 Å². The minimum absolute atomic E-state index is 0.129. The number of nitrogens with zero attached hydrogens (tertiary/aromatic N) is 9. The van der Waals surface area contributed by atoms with Crippen molar-refractivity contribution in [1.29, 1.82) is 5.26 Å². The Hall–Kier alpha value is -3.90. The lowest BCUT2D eigenvalue weighted by Gasteiger charge is -2.51. The molecule has 0 spiro atoms. The SMILES string of the molecule is CCc1cnn(C2(CC#N)CN(C3=CC=CN4NC(NC5=CN(CC(=O)N6CCN(C7COC7)CC6)NC5)N=C34)C2)c1. The van der Waals surface area contributed by atoms with Gasteiger partial charge in [-0.1, -0.05) is 6.92 Å². The summed E-state index contributed by atoms with van der Waals surface area (Å²) in [6.07, 6.45) is 12.9. The van der Waals surface area contributed by atoms with E-state index in [1.807, 2.05) is 44.3 Å². The fourth-order valence-corrected chi connectivity index (χ4v) is 6.28. The first-order valence-corrected chi connectivity index (χ1v) is 14.8. The molecule has 0 aliphatic carbocycles. The third kappa shape index (κ3) is 5.02. The Morgan fingerprint density at radius 1 is 1.26 bits per heavy atom. The molecule has 0 bridgehead atoms. The number of hydrogen-bond acceptors (Lipinski definition) is 12.